The second-order valence-corrected chi connectivity index (χ2v) is 10.0. The molecule has 0 spiro atoms. The van der Waals surface area contributed by atoms with Gasteiger partial charge in [0.1, 0.15) is 24.8 Å². The molecule has 3 heterocycles. The standard InChI is InChI=1S/C33H29FN2O4/c34-26-15-16-27-29(20-26)39-19-9-3-8-14-25-21-36(30(27)24-12-6-2-7-13-24)35-18-17-28(37)33(31(35)32(25)38)40-22-23-10-4-1-5-11-23/h1-7,9-13,15-18,20,25,30H,8,14,19,21-22H2. The number of nitrogens with zero attached hydrogens (tertiary/aromatic N) is 2. The van der Waals surface area contributed by atoms with Crippen LogP contribution in [0, 0.1) is 11.7 Å². The van der Waals surface area contributed by atoms with Gasteiger partial charge in [0.15, 0.2) is 17.2 Å². The number of aromatic nitrogens is 1. The Hall–Kier alpha value is -4.65. The second-order valence-electron chi connectivity index (χ2n) is 10.0. The summed E-state index contributed by atoms with van der Waals surface area (Å²) < 4.78 is 28.3. The van der Waals surface area contributed by atoms with E-state index < -0.39 is 11.9 Å². The van der Waals surface area contributed by atoms with E-state index in [1.807, 2.05) is 72.8 Å². The van der Waals surface area contributed by atoms with Gasteiger partial charge in [0, 0.05) is 36.4 Å². The number of ketones is 1. The summed E-state index contributed by atoms with van der Waals surface area (Å²) in [4.78, 5) is 27.2. The van der Waals surface area contributed by atoms with Crippen molar-refractivity contribution in [1.29, 1.82) is 0 Å². The van der Waals surface area contributed by atoms with Crippen molar-refractivity contribution in [2.45, 2.75) is 25.5 Å². The van der Waals surface area contributed by atoms with Crippen molar-refractivity contribution in [2.24, 2.45) is 5.92 Å². The molecule has 0 saturated carbocycles. The summed E-state index contributed by atoms with van der Waals surface area (Å²) in [5.74, 6) is -0.424. The average Bonchev–Trinajstić information content (AvgIpc) is 2.97. The van der Waals surface area contributed by atoms with Crippen LogP contribution in [-0.4, -0.2) is 23.6 Å². The Labute approximate surface area is 231 Å². The third-order valence-corrected chi connectivity index (χ3v) is 7.42. The van der Waals surface area contributed by atoms with Gasteiger partial charge in [0.25, 0.3) is 0 Å². The molecule has 6 nitrogen and oxygen atoms in total. The van der Waals surface area contributed by atoms with Gasteiger partial charge in [0.2, 0.25) is 5.43 Å². The summed E-state index contributed by atoms with van der Waals surface area (Å²) in [6.07, 6.45) is 6.77. The fraction of sp³-hybridized carbons (Fsp3) is 0.212. The molecule has 40 heavy (non-hydrogen) atoms. The van der Waals surface area contributed by atoms with Gasteiger partial charge in [-0.1, -0.05) is 72.8 Å². The van der Waals surface area contributed by atoms with Crippen LogP contribution in [0.25, 0.3) is 0 Å². The van der Waals surface area contributed by atoms with E-state index in [-0.39, 0.29) is 41.8 Å². The second kappa shape index (κ2) is 11.2. The molecule has 202 valence electrons. The van der Waals surface area contributed by atoms with Crippen LogP contribution in [0.5, 0.6) is 11.5 Å². The van der Waals surface area contributed by atoms with Gasteiger partial charge in [-0.3, -0.25) is 19.3 Å². The molecule has 0 saturated heterocycles. The van der Waals surface area contributed by atoms with Crippen LogP contribution in [0.3, 0.4) is 0 Å². The topological polar surface area (TPSA) is 60.8 Å². The van der Waals surface area contributed by atoms with Crippen LogP contribution in [0.2, 0.25) is 0 Å². The van der Waals surface area contributed by atoms with Gasteiger partial charge in [0.05, 0.1) is 6.04 Å². The number of carbonyl (C=O) groups is 1. The summed E-state index contributed by atoms with van der Waals surface area (Å²) in [6, 6.07) is 24.9. The Balaban J connectivity index is 1.54. The number of rotatable bonds is 4. The van der Waals surface area contributed by atoms with Crippen LogP contribution in [0.15, 0.2) is 108 Å². The Morgan fingerprint density at radius 2 is 1.70 bits per heavy atom. The van der Waals surface area contributed by atoms with Crippen molar-refractivity contribution in [3.63, 3.8) is 0 Å². The van der Waals surface area contributed by atoms with Crippen molar-refractivity contribution in [3.8, 4) is 11.5 Å². The molecule has 0 aliphatic carbocycles. The molecule has 2 atom stereocenters. The number of Topliss-reactive ketones (excluding diaryl/α,β-unsaturated/α-hetero) is 1. The zero-order valence-corrected chi connectivity index (χ0v) is 21.9. The fourth-order valence-electron chi connectivity index (χ4n) is 5.49. The molecule has 0 amide bonds. The molecule has 0 N–H and O–H groups in total. The van der Waals surface area contributed by atoms with E-state index in [4.69, 9.17) is 9.47 Å². The number of ether oxygens (including phenoxy) is 2. The van der Waals surface area contributed by atoms with Gasteiger partial charge in [-0.25, -0.2) is 4.39 Å². The number of carbonyl (C=O) groups excluding carboxylic acids is 1. The highest BCUT2D eigenvalue weighted by Gasteiger charge is 2.39. The predicted molar refractivity (Wildman–Crippen MR) is 151 cm³/mol. The molecule has 6 rings (SSSR count). The molecule has 2 aliphatic heterocycles. The monoisotopic (exact) mass is 536 g/mol. The first-order valence-electron chi connectivity index (χ1n) is 13.5. The molecule has 1 aromatic heterocycles. The number of halogens is 1. The van der Waals surface area contributed by atoms with Crippen LogP contribution in [0.4, 0.5) is 4.39 Å². The number of fused-ring (bicyclic) bond motifs is 5. The quantitative estimate of drug-likeness (QED) is 0.307. The van der Waals surface area contributed by atoms with Crippen LogP contribution >= 0.6 is 0 Å². The lowest BCUT2D eigenvalue weighted by Gasteiger charge is -2.43. The molecule has 2 bridgehead atoms. The molecule has 0 radical (unpaired) electrons. The van der Waals surface area contributed by atoms with E-state index in [0.717, 1.165) is 16.7 Å². The number of hydrogen-bond acceptors (Lipinski definition) is 5. The fourth-order valence-corrected chi connectivity index (χ4v) is 5.49. The number of benzene rings is 3. The number of allylic oxidation sites excluding steroid dienone is 1. The summed E-state index contributed by atoms with van der Waals surface area (Å²) >= 11 is 0. The van der Waals surface area contributed by atoms with Crippen molar-refractivity contribution < 1.29 is 18.7 Å². The van der Waals surface area contributed by atoms with Gasteiger partial charge in [-0.15, -0.1) is 0 Å². The Bertz CT molecular complexity index is 1600. The first kappa shape index (κ1) is 25.6. The van der Waals surface area contributed by atoms with Crippen LogP contribution in [-0.2, 0) is 6.61 Å². The average molecular weight is 537 g/mol. The maximum atomic E-state index is 14.4. The first-order chi connectivity index (χ1) is 19.6. The molecular formula is C33H29FN2O4. The van der Waals surface area contributed by atoms with E-state index in [9.17, 15) is 14.0 Å². The van der Waals surface area contributed by atoms with E-state index >= 15 is 0 Å². The maximum Gasteiger partial charge on any atom is 0.224 e. The molecule has 4 aromatic rings. The zero-order valence-electron chi connectivity index (χ0n) is 21.9. The van der Waals surface area contributed by atoms with Crippen molar-refractivity contribution in [3.05, 3.63) is 142 Å². The normalized spacial score (nSPS) is 18.5. The SMILES string of the molecule is O=C1c2c(OCc3ccccc3)c(=O)ccn2N2CC1CCC=CCOc1cc(F)ccc1C2c1ccccc1. The summed E-state index contributed by atoms with van der Waals surface area (Å²) in [6.45, 7) is 0.847. The molecule has 2 aliphatic rings. The summed E-state index contributed by atoms with van der Waals surface area (Å²) in [7, 11) is 0. The first-order valence-corrected chi connectivity index (χ1v) is 13.5. The Morgan fingerprint density at radius 1 is 0.925 bits per heavy atom. The molecular weight excluding hydrogens is 507 g/mol. The van der Waals surface area contributed by atoms with Gasteiger partial charge >= 0.3 is 0 Å². The third-order valence-electron chi connectivity index (χ3n) is 7.42. The van der Waals surface area contributed by atoms with Crippen molar-refractivity contribution >= 4 is 5.78 Å². The molecule has 7 heteroatoms. The minimum Gasteiger partial charge on any atom is -0.489 e. The third kappa shape index (κ3) is 5.02. The smallest absolute Gasteiger partial charge is 0.224 e. The summed E-state index contributed by atoms with van der Waals surface area (Å²) in [5, 5.41) is 2.07. The molecule has 2 unspecified atom stereocenters. The lowest BCUT2D eigenvalue weighted by molar-refractivity contribution is 0.0869. The highest BCUT2D eigenvalue weighted by molar-refractivity contribution is 6.00. The van der Waals surface area contributed by atoms with Gasteiger partial charge in [-0.2, -0.15) is 0 Å². The van der Waals surface area contributed by atoms with Crippen molar-refractivity contribution in [1.82, 2.24) is 4.68 Å². The lowest BCUT2D eigenvalue weighted by Crippen LogP contribution is -2.51. The summed E-state index contributed by atoms with van der Waals surface area (Å²) in [5.41, 5.74) is 2.47. The minimum absolute atomic E-state index is 0.0380. The van der Waals surface area contributed by atoms with Crippen molar-refractivity contribution in [2.75, 3.05) is 18.2 Å². The Kier molecular flexibility index (Phi) is 7.19. The van der Waals surface area contributed by atoms with E-state index in [1.165, 1.54) is 18.2 Å². The number of hydrogen-bond donors (Lipinski definition) is 0. The zero-order chi connectivity index (χ0) is 27.5. The van der Waals surface area contributed by atoms with Gasteiger partial charge < -0.3 is 9.47 Å². The predicted octanol–water partition coefficient (Wildman–Crippen LogP) is 5.84. The Morgan fingerprint density at radius 3 is 2.50 bits per heavy atom. The maximum absolute atomic E-state index is 14.4. The lowest BCUT2D eigenvalue weighted by atomic mass is 9.90. The molecule has 3 aromatic carbocycles. The molecule has 0 fully saturated rings. The van der Waals surface area contributed by atoms with E-state index in [0.29, 0.717) is 25.1 Å². The van der Waals surface area contributed by atoms with Crippen LogP contribution in [0.1, 0.15) is 46.1 Å². The highest BCUT2D eigenvalue weighted by atomic mass is 19.1. The highest BCUT2D eigenvalue weighted by Crippen LogP contribution is 2.39. The van der Waals surface area contributed by atoms with E-state index in [1.54, 1.807) is 16.9 Å². The van der Waals surface area contributed by atoms with Crippen LogP contribution < -0.4 is 19.9 Å². The minimum atomic E-state index is -0.431. The number of pyridine rings is 1. The van der Waals surface area contributed by atoms with Gasteiger partial charge in [-0.05, 0) is 36.1 Å². The largest absolute Gasteiger partial charge is 0.489 e. The van der Waals surface area contributed by atoms with E-state index in [2.05, 4.69) is 5.01 Å².